The van der Waals surface area contributed by atoms with E-state index in [1.165, 1.54) is 7.11 Å². The average molecular weight is 259 g/mol. The second kappa shape index (κ2) is 5.89. The van der Waals surface area contributed by atoms with E-state index in [1.807, 2.05) is 6.92 Å². The highest BCUT2D eigenvalue weighted by atomic mass is 35.5. The molecule has 0 aliphatic heterocycles. The molecule has 0 bridgehead atoms. The van der Waals surface area contributed by atoms with Gasteiger partial charge < -0.3 is 14.6 Å². The standard InChI is InChI=1S/C12H15ClO4/c1-4-17-12(15)11(14)8-6-10(16-3)7(2)5-9(8)13/h5-6,11,14H,4H2,1-3H3. The van der Waals surface area contributed by atoms with Gasteiger partial charge in [-0.05, 0) is 31.5 Å². The second-order valence-corrected chi connectivity index (χ2v) is 3.91. The highest BCUT2D eigenvalue weighted by molar-refractivity contribution is 6.31. The molecule has 5 heteroatoms. The summed E-state index contributed by atoms with van der Waals surface area (Å²) in [6.07, 6.45) is -1.39. The quantitative estimate of drug-likeness (QED) is 0.842. The second-order valence-electron chi connectivity index (χ2n) is 3.50. The van der Waals surface area contributed by atoms with E-state index in [0.29, 0.717) is 10.8 Å². The van der Waals surface area contributed by atoms with Gasteiger partial charge in [-0.1, -0.05) is 11.6 Å². The van der Waals surface area contributed by atoms with Crippen LogP contribution in [0, 0.1) is 6.92 Å². The van der Waals surface area contributed by atoms with Crippen LogP contribution in [0.2, 0.25) is 5.02 Å². The molecule has 0 saturated carbocycles. The molecule has 4 nitrogen and oxygen atoms in total. The van der Waals surface area contributed by atoms with Gasteiger partial charge in [0, 0.05) is 10.6 Å². The van der Waals surface area contributed by atoms with Crippen molar-refractivity contribution in [2.45, 2.75) is 20.0 Å². The van der Waals surface area contributed by atoms with Crippen LogP contribution in [0.1, 0.15) is 24.2 Å². The van der Waals surface area contributed by atoms with E-state index in [-0.39, 0.29) is 12.2 Å². The van der Waals surface area contributed by atoms with Gasteiger partial charge in [-0.2, -0.15) is 0 Å². The van der Waals surface area contributed by atoms with Gasteiger partial charge in [0.15, 0.2) is 6.10 Å². The maximum atomic E-state index is 11.4. The SMILES string of the molecule is CCOC(=O)C(O)c1cc(OC)c(C)cc1Cl. The Hall–Kier alpha value is -1.26. The minimum absolute atomic E-state index is 0.205. The molecule has 1 rings (SSSR count). The van der Waals surface area contributed by atoms with E-state index in [2.05, 4.69) is 0 Å². The van der Waals surface area contributed by atoms with Crippen LogP contribution < -0.4 is 4.74 Å². The lowest BCUT2D eigenvalue weighted by Crippen LogP contribution is -2.16. The molecular weight excluding hydrogens is 244 g/mol. The number of aliphatic hydroxyl groups is 1. The summed E-state index contributed by atoms with van der Waals surface area (Å²) >= 11 is 5.97. The van der Waals surface area contributed by atoms with E-state index in [4.69, 9.17) is 21.1 Å². The van der Waals surface area contributed by atoms with E-state index in [0.717, 1.165) is 5.56 Å². The van der Waals surface area contributed by atoms with Crippen LogP contribution in [0.3, 0.4) is 0 Å². The molecule has 1 N–H and O–H groups in total. The highest BCUT2D eigenvalue weighted by Gasteiger charge is 2.22. The Balaban J connectivity index is 3.08. The summed E-state index contributed by atoms with van der Waals surface area (Å²) in [6.45, 7) is 3.70. The summed E-state index contributed by atoms with van der Waals surface area (Å²) in [5, 5.41) is 10.1. The molecule has 0 saturated heterocycles. The predicted molar refractivity (Wildman–Crippen MR) is 64.3 cm³/mol. The first-order chi connectivity index (χ1) is 8.01. The molecule has 1 aromatic rings. The number of benzene rings is 1. The van der Waals surface area contributed by atoms with Crippen LogP contribution in [0.25, 0.3) is 0 Å². The third-order valence-corrected chi connectivity index (χ3v) is 2.65. The Bertz CT molecular complexity index is 417. The molecule has 0 spiro atoms. The molecule has 1 aromatic carbocycles. The van der Waals surface area contributed by atoms with Crippen molar-refractivity contribution in [1.29, 1.82) is 0 Å². The number of carbonyl (C=O) groups excluding carboxylic acids is 1. The first-order valence-corrected chi connectivity index (χ1v) is 5.57. The van der Waals surface area contributed by atoms with Crippen LogP contribution in [0.4, 0.5) is 0 Å². The number of hydrogen-bond acceptors (Lipinski definition) is 4. The normalized spacial score (nSPS) is 12.1. The summed E-state index contributed by atoms with van der Waals surface area (Å²) in [6, 6.07) is 3.18. The van der Waals surface area contributed by atoms with Gasteiger partial charge in [-0.25, -0.2) is 4.79 Å². The summed E-state index contributed by atoms with van der Waals surface area (Å²) in [4.78, 5) is 11.4. The van der Waals surface area contributed by atoms with Crippen molar-refractivity contribution in [3.05, 3.63) is 28.3 Å². The van der Waals surface area contributed by atoms with Crippen LogP contribution in [0.5, 0.6) is 5.75 Å². The third-order valence-electron chi connectivity index (χ3n) is 2.32. The summed E-state index contributed by atoms with van der Waals surface area (Å²) in [5.41, 5.74) is 1.12. The van der Waals surface area contributed by atoms with Gasteiger partial charge in [0.05, 0.1) is 13.7 Å². The fraction of sp³-hybridized carbons (Fsp3) is 0.417. The number of methoxy groups -OCH3 is 1. The van der Waals surface area contributed by atoms with Crippen molar-refractivity contribution >= 4 is 17.6 Å². The van der Waals surface area contributed by atoms with Crippen molar-refractivity contribution in [2.75, 3.05) is 13.7 Å². The van der Waals surface area contributed by atoms with Gasteiger partial charge >= 0.3 is 5.97 Å². The first kappa shape index (κ1) is 13.8. The maximum absolute atomic E-state index is 11.4. The Morgan fingerprint density at radius 1 is 1.53 bits per heavy atom. The Morgan fingerprint density at radius 3 is 2.71 bits per heavy atom. The van der Waals surface area contributed by atoms with Gasteiger partial charge in [0.2, 0.25) is 0 Å². The lowest BCUT2D eigenvalue weighted by Gasteiger charge is -2.14. The topological polar surface area (TPSA) is 55.8 Å². The number of hydrogen-bond donors (Lipinski definition) is 1. The summed E-state index contributed by atoms with van der Waals surface area (Å²) < 4.78 is 9.84. The van der Waals surface area contributed by atoms with Gasteiger partial charge in [0.25, 0.3) is 0 Å². The predicted octanol–water partition coefficient (Wildman–Crippen LogP) is 2.25. The number of esters is 1. The lowest BCUT2D eigenvalue weighted by molar-refractivity contribution is -0.153. The molecule has 1 atom stereocenters. The third kappa shape index (κ3) is 3.11. The molecule has 0 radical (unpaired) electrons. The number of aliphatic hydroxyl groups excluding tert-OH is 1. The molecule has 0 heterocycles. The Kier molecular flexibility index (Phi) is 4.78. The molecule has 0 aliphatic carbocycles. The molecule has 0 aromatic heterocycles. The van der Waals surface area contributed by atoms with E-state index in [1.54, 1.807) is 19.1 Å². The van der Waals surface area contributed by atoms with Crippen molar-refractivity contribution in [3.8, 4) is 5.75 Å². The zero-order valence-electron chi connectivity index (χ0n) is 9.99. The number of rotatable bonds is 4. The van der Waals surface area contributed by atoms with Crippen LogP contribution in [0.15, 0.2) is 12.1 Å². The smallest absolute Gasteiger partial charge is 0.339 e. The van der Waals surface area contributed by atoms with Crippen molar-refractivity contribution in [2.24, 2.45) is 0 Å². The molecule has 0 aliphatic rings. The lowest BCUT2D eigenvalue weighted by atomic mass is 10.1. The van der Waals surface area contributed by atoms with E-state index >= 15 is 0 Å². The van der Waals surface area contributed by atoms with Gasteiger partial charge in [0.1, 0.15) is 5.75 Å². The minimum Gasteiger partial charge on any atom is -0.496 e. The average Bonchev–Trinajstić information content (AvgIpc) is 2.29. The first-order valence-electron chi connectivity index (χ1n) is 5.20. The van der Waals surface area contributed by atoms with E-state index in [9.17, 15) is 9.90 Å². The van der Waals surface area contributed by atoms with Crippen molar-refractivity contribution in [1.82, 2.24) is 0 Å². The fourth-order valence-electron chi connectivity index (χ4n) is 1.45. The zero-order valence-corrected chi connectivity index (χ0v) is 10.7. The largest absolute Gasteiger partial charge is 0.496 e. The zero-order chi connectivity index (χ0) is 13.0. The maximum Gasteiger partial charge on any atom is 0.339 e. The summed E-state index contributed by atoms with van der Waals surface area (Å²) in [7, 11) is 1.51. The number of ether oxygens (including phenoxy) is 2. The monoisotopic (exact) mass is 258 g/mol. The van der Waals surface area contributed by atoms with Crippen LogP contribution in [-0.2, 0) is 9.53 Å². The molecule has 94 valence electrons. The molecule has 0 fully saturated rings. The van der Waals surface area contributed by atoms with Gasteiger partial charge in [-0.3, -0.25) is 0 Å². The van der Waals surface area contributed by atoms with Crippen LogP contribution >= 0.6 is 11.6 Å². The Labute approximate surface area is 105 Å². The molecule has 1 unspecified atom stereocenters. The van der Waals surface area contributed by atoms with E-state index < -0.39 is 12.1 Å². The van der Waals surface area contributed by atoms with Crippen molar-refractivity contribution in [3.63, 3.8) is 0 Å². The molecule has 17 heavy (non-hydrogen) atoms. The fourth-order valence-corrected chi connectivity index (χ4v) is 1.77. The molecular formula is C12H15ClO4. The summed E-state index contributed by atoms with van der Waals surface area (Å²) in [5.74, 6) is -0.159. The minimum atomic E-state index is -1.39. The molecule has 0 amide bonds. The van der Waals surface area contributed by atoms with Crippen molar-refractivity contribution < 1.29 is 19.4 Å². The number of aryl methyl sites for hydroxylation is 1. The Morgan fingerprint density at radius 2 is 2.18 bits per heavy atom. The number of carbonyl (C=O) groups is 1. The van der Waals surface area contributed by atoms with Crippen LogP contribution in [-0.4, -0.2) is 24.8 Å². The van der Waals surface area contributed by atoms with Gasteiger partial charge in [-0.15, -0.1) is 0 Å². The highest BCUT2D eigenvalue weighted by Crippen LogP contribution is 2.31. The number of halogens is 1.